The zero-order valence-corrected chi connectivity index (χ0v) is 7.53. The lowest BCUT2D eigenvalue weighted by molar-refractivity contribution is 0.186. The number of hydrogen-bond acceptors (Lipinski definition) is 3. The van der Waals surface area contributed by atoms with Crippen LogP contribution in [0.5, 0.6) is 0 Å². The number of methoxy groups -OCH3 is 1. The molecule has 0 aliphatic rings. The molecule has 0 saturated carbocycles. The highest BCUT2D eigenvalue weighted by Crippen LogP contribution is 2.07. The fraction of sp³-hybridized carbons (Fsp3) is 0.625. The van der Waals surface area contributed by atoms with Crippen molar-refractivity contribution in [1.82, 2.24) is 9.55 Å². The van der Waals surface area contributed by atoms with Crippen molar-refractivity contribution in [2.75, 3.05) is 13.7 Å². The number of ether oxygens (including phenoxy) is 1. The van der Waals surface area contributed by atoms with Crippen LogP contribution in [0.4, 0.5) is 0 Å². The van der Waals surface area contributed by atoms with E-state index in [4.69, 9.17) is 10.5 Å². The zero-order valence-electron chi connectivity index (χ0n) is 7.53. The molecule has 0 aliphatic heterocycles. The Hall–Kier alpha value is -0.870. The minimum atomic E-state index is 0.0318. The van der Waals surface area contributed by atoms with Crippen molar-refractivity contribution in [3.05, 3.63) is 18.2 Å². The molecular formula is C8H15N3O. The predicted molar refractivity (Wildman–Crippen MR) is 46.7 cm³/mol. The molecule has 0 spiro atoms. The standard InChI is InChI=1S/C8H15N3O/c1-7(9)8-5-10-6-11(8)3-4-12-2/h5-7H,3-4,9H2,1-2H3/t7-/m1/s1. The molecule has 1 rings (SSSR count). The van der Waals surface area contributed by atoms with Crippen molar-refractivity contribution >= 4 is 0 Å². The summed E-state index contributed by atoms with van der Waals surface area (Å²) in [6, 6.07) is 0.0318. The van der Waals surface area contributed by atoms with Crippen molar-refractivity contribution in [3.8, 4) is 0 Å². The van der Waals surface area contributed by atoms with E-state index in [1.807, 2.05) is 11.5 Å². The van der Waals surface area contributed by atoms with Gasteiger partial charge >= 0.3 is 0 Å². The van der Waals surface area contributed by atoms with Crippen molar-refractivity contribution in [2.24, 2.45) is 5.73 Å². The summed E-state index contributed by atoms with van der Waals surface area (Å²) in [6.45, 7) is 3.45. The molecule has 4 heteroatoms. The lowest BCUT2D eigenvalue weighted by atomic mass is 10.3. The monoisotopic (exact) mass is 169 g/mol. The van der Waals surface area contributed by atoms with Gasteiger partial charge in [-0.15, -0.1) is 0 Å². The van der Waals surface area contributed by atoms with Crippen molar-refractivity contribution in [3.63, 3.8) is 0 Å². The van der Waals surface area contributed by atoms with E-state index in [0.717, 1.165) is 12.2 Å². The minimum Gasteiger partial charge on any atom is -0.383 e. The highest BCUT2D eigenvalue weighted by molar-refractivity contribution is 5.02. The average molecular weight is 169 g/mol. The third-order valence-corrected chi connectivity index (χ3v) is 1.75. The molecule has 68 valence electrons. The molecule has 0 amide bonds. The van der Waals surface area contributed by atoms with Crippen LogP contribution < -0.4 is 5.73 Å². The van der Waals surface area contributed by atoms with E-state index >= 15 is 0 Å². The Morgan fingerprint density at radius 2 is 2.50 bits per heavy atom. The molecule has 1 aromatic rings. The summed E-state index contributed by atoms with van der Waals surface area (Å²) < 4.78 is 6.97. The predicted octanol–water partition coefficient (Wildman–Crippen LogP) is 0.549. The molecule has 1 atom stereocenters. The summed E-state index contributed by atoms with van der Waals surface area (Å²) >= 11 is 0. The van der Waals surface area contributed by atoms with E-state index in [-0.39, 0.29) is 6.04 Å². The van der Waals surface area contributed by atoms with Gasteiger partial charge in [0.05, 0.1) is 18.6 Å². The summed E-state index contributed by atoms with van der Waals surface area (Å²) in [4.78, 5) is 4.02. The second kappa shape index (κ2) is 4.23. The van der Waals surface area contributed by atoms with Crippen LogP contribution in [0.15, 0.2) is 12.5 Å². The van der Waals surface area contributed by atoms with Crippen LogP contribution in [-0.4, -0.2) is 23.3 Å². The molecule has 0 fully saturated rings. The Morgan fingerprint density at radius 1 is 1.75 bits per heavy atom. The van der Waals surface area contributed by atoms with Crippen molar-refractivity contribution in [2.45, 2.75) is 19.5 Å². The van der Waals surface area contributed by atoms with E-state index in [0.29, 0.717) is 6.61 Å². The number of hydrogen-bond donors (Lipinski definition) is 1. The fourth-order valence-electron chi connectivity index (χ4n) is 1.09. The van der Waals surface area contributed by atoms with Crippen LogP contribution >= 0.6 is 0 Å². The van der Waals surface area contributed by atoms with Gasteiger partial charge in [0.15, 0.2) is 0 Å². The smallest absolute Gasteiger partial charge is 0.0949 e. The molecule has 1 aromatic heterocycles. The highest BCUT2D eigenvalue weighted by Gasteiger charge is 2.05. The van der Waals surface area contributed by atoms with Crippen molar-refractivity contribution in [1.29, 1.82) is 0 Å². The first-order chi connectivity index (χ1) is 5.75. The van der Waals surface area contributed by atoms with Gasteiger partial charge in [0.25, 0.3) is 0 Å². The van der Waals surface area contributed by atoms with Gasteiger partial charge in [0.2, 0.25) is 0 Å². The van der Waals surface area contributed by atoms with Gasteiger partial charge in [0, 0.05) is 25.9 Å². The summed E-state index contributed by atoms with van der Waals surface area (Å²) in [5.41, 5.74) is 6.78. The van der Waals surface area contributed by atoms with Gasteiger partial charge in [0.1, 0.15) is 0 Å². The first kappa shape index (κ1) is 9.22. The second-order valence-corrected chi connectivity index (χ2v) is 2.79. The average Bonchev–Trinajstić information content (AvgIpc) is 2.48. The first-order valence-corrected chi connectivity index (χ1v) is 4.00. The zero-order chi connectivity index (χ0) is 8.97. The maximum absolute atomic E-state index is 5.73. The number of nitrogens with two attached hydrogens (primary N) is 1. The SMILES string of the molecule is COCCn1cncc1[C@@H](C)N. The van der Waals surface area contributed by atoms with Gasteiger partial charge in [-0.25, -0.2) is 4.98 Å². The summed E-state index contributed by atoms with van der Waals surface area (Å²) in [5.74, 6) is 0. The molecule has 12 heavy (non-hydrogen) atoms. The van der Waals surface area contributed by atoms with Gasteiger partial charge in [-0.3, -0.25) is 0 Å². The largest absolute Gasteiger partial charge is 0.383 e. The summed E-state index contributed by atoms with van der Waals surface area (Å²) in [7, 11) is 1.68. The van der Waals surface area contributed by atoms with Gasteiger partial charge in [-0.2, -0.15) is 0 Å². The number of imidazole rings is 1. The van der Waals surface area contributed by atoms with Crippen LogP contribution in [0.2, 0.25) is 0 Å². The van der Waals surface area contributed by atoms with E-state index < -0.39 is 0 Å². The van der Waals surface area contributed by atoms with Crippen LogP contribution in [0.1, 0.15) is 18.7 Å². The summed E-state index contributed by atoms with van der Waals surface area (Å²) in [5, 5.41) is 0. The molecule has 4 nitrogen and oxygen atoms in total. The Bertz CT molecular complexity index is 232. The maximum atomic E-state index is 5.73. The van der Waals surface area contributed by atoms with E-state index in [2.05, 4.69) is 4.98 Å². The van der Waals surface area contributed by atoms with E-state index in [1.54, 1.807) is 19.6 Å². The first-order valence-electron chi connectivity index (χ1n) is 4.00. The Morgan fingerprint density at radius 3 is 3.08 bits per heavy atom. The Kier molecular flexibility index (Phi) is 3.25. The second-order valence-electron chi connectivity index (χ2n) is 2.79. The number of nitrogens with zero attached hydrogens (tertiary/aromatic N) is 2. The number of aromatic nitrogens is 2. The normalized spacial score (nSPS) is 13.2. The molecule has 0 saturated heterocycles. The molecule has 2 N–H and O–H groups in total. The Balaban J connectivity index is 2.64. The van der Waals surface area contributed by atoms with Gasteiger partial charge < -0.3 is 15.0 Å². The molecule has 0 unspecified atom stereocenters. The van der Waals surface area contributed by atoms with Gasteiger partial charge in [-0.05, 0) is 6.92 Å². The lowest BCUT2D eigenvalue weighted by Gasteiger charge is -2.09. The number of rotatable bonds is 4. The Labute approximate surface area is 72.3 Å². The van der Waals surface area contributed by atoms with Crippen molar-refractivity contribution < 1.29 is 4.74 Å². The quantitative estimate of drug-likeness (QED) is 0.716. The molecule has 0 bridgehead atoms. The maximum Gasteiger partial charge on any atom is 0.0949 e. The summed E-state index contributed by atoms with van der Waals surface area (Å²) in [6.07, 6.45) is 3.57. The molecule has 0 aliphatic carbocycles. The minimum absolute atomic E-state index is 0.0318. The van der Waals surface area contributed by atoms with Crippen LogP contribution in [0.3, 0.4) is 0 Å². The van der Waals surface area contributed by atoms with Crippen LogP contribution in [0, 0.1) is 0 Å². The molecule has 0 radical (unpaired) electrons. The van der Waals surface area contributed by atoms with E-state index in [1.165, 1.54) is 0 Å². The van der Waals surface area contributed by atoms with Crippen LogP contribution in [-0.2, 0) is 11.3 Å². The third kappa shape index (κ3) is 2.06. The third-order valence-electron chi connectivity index (χ3n) is 1.75. The molecule has 0 aromatic carbocycles. The lowest BCUT2D eigenvalue weighted by Crippen LogP contribution is -2.13. The van der Waals surface area contributed by atoms with E-state index in [9.17, 15) is 0 Å². The highest BCUT2D eigenvalue weighted by atomic mass is 16.5. The molecule has 1 heterocycles. The van der Waals surface area contributed by atoms with Gasteiger partial charge in [-0.1, -0.05) is 0 Å². The topological polar surface area (TPSA) is 53.1 Å². The fourth-order valence-corrected chi connectivity index (χ4v) is 1.09. The molecular weight excluding hydrogens is 154 g/mol. The van der Waals surface area contributed by atoms with Crippen LogP contribution in [0.25, 0.3) is 0 Å².